The molecule has 7 nitrogen and oxygen atoms in total. The largest absolute Gasteiger partial charge is 0.257 e. The van der Waals surface area contributed by atoms with Crippen LogP contribution in [0.25, 0.3) is 11.6 Å². The Bertz CT molecular complexity index is 248. The molecule has 0 amide bonds. The van der Waals surface area contributed by atoms with Crippen LogP contribution in [0.1, 0.15) is 0 Å². The fourth-order valence-corrected chi connectivity index (χ4v) is 0.575. The number of nitrogens with zero attached hydrogens (tertiary/aromatic N) is 5. The summed E-state index contributed by atoms with van der Waals surface area (Å²) in [6, 6.07) is 0. The molecule has 2 heterocycles. The van der Waals surface area contributed by atoms with Crippen LogP contribution in [0.15, 0.2) is 6.33 Å². The standard InChI is InChI=1S/C3H3N7/c1-4-2(6-5-1)3-7-9-10-8-3/h1H,(H,4,5,6)(H,7,8,9,10). The second kappa shape index (κ2) is 1.87. The van der Waals surface area contributed by atoms with Crippen molar-refractivity contribution in [2.45, 2.75) is 0 Å². The minimum Gasteiger partial charge on any atom is -0.257 e. The van der Waals surface area contributed by atoms with Crippen molar-refractivity contribution >= 4 is 0 Å². The molecule has 0 radical (unpaired) electrons. The van der Waals surface area contributed by atoms with Crippen molar-refractivity contribution in [3.8, 4) is 11.6 Å². The molecule has 0 saturated heterocycles. The number of tetrazole rings is 1. The van der Waals surface area contributed by atoms with E-state index in [-0.39, 0.29) is 0 Å². The molecule has 10 heavy (non-hydrogen) atoms. The highest BCUT2D eigenvalue weighted by molar-refractivity contribution is 5.38. The Balaban J connectivity index is 2.48. The third kappa shape index (κ3) is 0.642. The minimum atomic E-state index is 0.414. The number of aromatic amines is 2. The highest BCUT2D eigenvalue weighted by atomic mass is 15.5. The highest BCUT2D eigenvalue weighted by Crippen LogP contribution is 2.00. The van der Waals surface area contributed by atoms with Gasteiger partial charge in [-0.25, -0.2) is 4.98 Å². The number of rotatable bonds is 1. The monoisotopic (exact) mass is 137 g/mol. The van der Waals surface area contributed by atoms with Crippen LogP contribution in [0.5, 0.6) is 0 Å². The summed E-state index contributed by atoms with van der Waals surface area (Å²) in [5, 5.41) is 19.2. The number of hydrogen-bond donors (Lipinski definition) is 2. The second-order valence-corrected chi connectivity index (χ2v) is 1.57. The molecule has 50 valence electrons. The molecule has 2 aromatic rings. The van der Waals surface area contributed by atoms with E-state index in [2.05, 4.69) is 35.8 Å². The Kier molecular flexibility index (Phi) is 0.938. The van der Waals surface area contributed by atoms with E-state index >= 15 is 0 Å². The molecular weight excluding hydrogens is 134 g/mol. The topological polar surface area (TPSA) is 96.0 Å². The van der Waals surface area contributed by atoms with E-state index in [1.165, 1.54) is 6.33 Å². The maximum Gasteiger partial charge on any atom is 0.241 e. The molecular formula is C3H3N7. The zero-order chi connectivity index (χ0) is 6.81. The van der Waals surface area contributed by atoms with Crippen molar-refractivity contribution in [2.75, 3.05) is 0 Å². The van der Waals surface area contributed by atoms with Crippen molar-refractivity contribution in [2.24, 2.45) is 0 Å². The van der Waals surface area contributed by atoms with Crippen molar-refractivity contribution in [1.29, 1.82) is 0 Å². The van der Waals surface area contributed by atoms with Crippen LogP contribution < -0.4 is 0 Å². The van der Waals surface area contributed by atoms with Gasteiger partial charge < -0.3 is 0 Å². The highest BCUT2D eigenvalue weighted by Gasteiger charge is 2.03. The molecule has 2 rings (SSSR count). The van der Waals surface area contributed by atoms with Gasteiger partial charge in [-0.05, 0) is 5.21 Å². The third-order valence-electron chi connectivity index (χ3n) is 0.972. The van der Waals surface area contributed by atoms with Gasteiger partial charge in [-0.1, -0.05) is 0 Å². The lowest BCUT2D eigenvalue weighted by Gasteiger charge is -1.78. The van der Waals surface area contributed by atoms with Crippen LogP contribution in [-0.2, 0) is 0 Å². The Hall–Kier alpha value is -1.79. The van der Waals surface area contributed by atoms with E-state index in [4.69, 9.17) is 0 Å². The van der Waals surface area contributed by atoms with Crippen LogP contribution in [0.4, 0.5) is 0 Å². The molecule has 2 aromatic heterocycles. The van der Waals surface area contributed by atoms with E-state index in [1.54, 1.807) is 0 Å². The van der Waals surface area contributed by atoms with Gasteiger partial charge in [0.05, 0.1) is 0 Å². The SMILES string of the molecule is c1n[nH]c(-c2nn[nH]n2)n1. The second-order valence-electron chi connectivity index (χ2n) is 1.57. The van der Waals surface area contributed by atoms with Gasteiger partial charge in [0.2, 0.25) is 5.82 Å². The first-order chi connectivity index (χ1) is 4.97. The average molecular weight is 137 g/mol. The van der Waals surface area contributed by atoms with Gasteiger partial charge in [-0.3, -0.25) is 5.10 Å². The average Bonchev–Trinajstić information content (AvgIpc) is 2.59. The smallest absolute Gasteiger partial charge is 0.241 e. The molecule has 0 saturated carbocycles. The summed E-state index contributed by atoms with van der Waals surface area (Å²) in [6.45, 7) is 0. The summed E-state index contributed by atoms with van der Waals surface area (Å²) in [5.74, 6) is 0.922. The molecule has 0 fully saturated rings. The molecule has 2 N–H and O–H groups in total. The van der Waals surface area contributed by atoms with E-state index in [1.807, 2.05) is 0 Å². The number of hydrogen-bond acceptors (Lipinski definition) is 5. The Labute approximate surface area is 54.9 Å². The maximum atomic E-state index is 3.81. The molecule has 0 aromatic carbocycles. The fourth-order valence-electron chi connectivity index (χ4n) is 0.575. The van der Waals surface area contributed by atoms with Crippen molar-refractivity contribution < 1.29 is 0 Å². The van der Waals surface area contributed by atoms with Crippen molar-refractivity contribution in [1.82, 2.24) is 35.8 Å². The molecule has 7 heteroatoms. The summed E-state index contributed by atoms with van der Waals surface area (Å²) < 4.78 is 0. The van der Waals surface area contributed by atoms with E-state index in [9.17, 15) is 0 Å². The fraction of sp³-hybridized carbons (Fsp3) is 0. The molecule has 0 spiro atoms. The molecule has 0 unspecified atom stereocenters. The van der Waals surface area contributed by atoms with Gasteiger partial charge in [-0.15, -0.1) is 10.2 Å². The van der Waals surface area contributed by atoms with Crippen LogP contribution in [0, 0.1) is 0 Å². The first kappa shape index (κ1) is 5.03. The molecule has 0 aliphatic heterocycles. The predicted molar refractivity (Wildman–Crippen MR) is 29.6 cm³/mol. The number of nitrogens with one attached hydrogen (secondary N) is 2. The molecule has 0 aliphatic rings. The lowest BCUT2D eigenvalue weighted by Crippen LogP contribution is -1.82. The number of H-pyrrole nitrogens is 2. The lowest BCUT2D eigenvalue weighted by atomic mass is 10.6. The zero-order valence-electron chi connectivity index (χ0n) is 4.81. The van der Waals surface area contributed by atoms with Crippen LogP contribution in [0.2, 0.25) is 0 Å². The van der Waals surface area contributed by atoms with Gasteiger partial charge in [0, 0.05) is 0 Å². The van der Waals surface area contributed by atoms with Gasteiger partial charge in [0.1, 0.15) is 6.33 Å². The Morgan fingerprint density at radius 1 is 1.40 bits per heavy atom. The van der Waals surface area contributed by atoms with Gasteiger partial charge in [-0.2, -0.15) is 10.3 Å². The Morgan fingerprint density at radius 3 is 3.00 bits per heavy atom. The van der Waals surface area contributed by atoms with Crippen molar-refractivity contribution in [3.63, 3.8) is 0 Å². The van der Waals surface area contributed by atoms with Gasteiger partial charge in [0.25, 0.3) is 0 Å². The maximum absolute atomic E-state index is 3.81. The summed E-state index contributed by atoms with van der Waals surface area (Å²) in [4.78, 5) is 3.81. The Morgan fingerprint density at radius 2 is 2.40 bits per heavy atom. The van der Waals surface area contributed by atoms with E-state index in [0.717, 1.165) is 0 Å². The molecule has 0 bridgehead atoms. The lowest BCUT2D eigenvalue weighted by molar-refractivity contribution is 0.881. The predicted octanol–water partition coefficient (Wildman–Crippen LogP) is -1.02. The quantitative estimate of drug-likeness (QED) is 0.524. The first-order valence-electron chi connectivity index (χ1n) is 2.56. The molecule has 0 atom stereocenters. The minimum absolute atomic E-state index is 0.414. The summed E-state index contributed by atoms with van der Waals surface area (Å²) in [7, 11) is 0. The van der Waals surface area contributed by atoms with E-state index in [0.29, 0.717) is 11.6 Å². The summed E-state index contributed by atoms with van der Waals surface area (Å²) in [5.41, 5.74) is 0. The normalized spacial score (nSPS) is 10.0. The van der Waals surface area contributed by atoms with Crippen LogP contribution in [-0.4, -0.2) is 35.8 Å². The summed E-state index contributed by atoms with van der Waals surface area (Å²) in [6.07, 6.45) is 1.38. The third-order valence-corrected chi connectivity index (χ3v) is 0.972. The first-order valence-corrected chi connectivity index (χ1v) is 2.56. The van der Waals surface area contributed by atoms with Gasteiger partial charge in [0.15, 0.2) is 5.82 Å². The van der Waals surface area contributed by atoms with Crippen LogP contribution >= 0.6 is 0 Å². The molecule has 0 aliphatic carbocycles. The number of aromatic nitrogens is 7. The summed E-state index contributed by atoms with van der Waals surface area (Å²) >= 11 is 0. The van der Waals surface area contributed by atoms with E-state index < -0.39 is 0 Å². The van der Waals surface area contributed by atoms with Crippen molar-refractivity contribution in [3.05, 3.63) is 6.33 Å². The zero-order valence-corrected chi connectivity index (χ0v) is 4.81. The van der Waals surface area contributed by atoms with Gasteiger partial charge >= 0.3 is 0 Å². The van der Waals surface area contributed by atoms with Crippen LogP contribution in [0.3, 0.4) is 0 Å².